The zero-order valence-corrected chi connectivity index (χ0v) is 14.6. The van der Waals surface area contributed by atoms with Crippen molar-refractivity contribution in [3.05, 3.63) is 35.9 Å². The van der Waals surface area contributed by atoms with Gasteiger partial charge >= 0.3 is 0 Å². The molecule has 0 aliphatic carbocycles. The summed E-state index contributed by atoms with van der Waals surface area (Å²) >= 11 is 0. The van der Waals surface area contributed by atoms with Gasteiger partial charge in [0.15, 0.2) is 0 Å². The molecule has 0 N–H and O–H groups in total. The van der Waals surface area contributed by atoms with Crippen molar-refractivity contribution in [2.75, 3.05) is 40.3 Å². The van der Waals surface area contributed by atoms with E-state index >= 15 is 0 Å². The summed E-state index contributed by atoms with van der Waals surface area (Å²) in [5.74, 6) is 0.431. The third-order valence-electron chi connectivity index (χ3n) is 4.28. The molecule has 22 heavy (non-hydrogen) atoms. The van der Waals surface area contributed by atoms with E-state index in [-0.39, 0.29) is 0 Å². The first-order valence-electron chi connectivity index (χ1n) is 7.87. The lowest BCUT2D eigenvalue weighted by Crippen LogP contribution is -2.43. The van der Waals surface area contributed by atoms with Crippen LogP contribution in [0.3, 0.4) is 0 Å². The Morgan fingerprint density at radius 2 is 1.95 bits per heavy atom. The SMILES string of the molecule is CCN(Cc1ccccc1)S(=O)(=O)N(C)C[C@@H]1CCN(C)C1. The van der Waals surface area contributed by atoms with Crippen molar-refractivity contribution in [1.29, 1.82) is 0 Å². The maximum Gasteiger partial charge on any atom is 0.282 e. The Morgan fingerprint density at radius 3 is 2.50 bits per heavy atom. The predicted molar refractivity (Wildman–Crippen MR) is 89.7 cm³/mol. The van der Waals surface area contributed by atoms with E-state index in [1.807, 2.05) is 37.3 Å². The molecule has 0 aromatic heterocycles. The van der Waals surface area contributed by atoms with Gasteiger partial charge < -0.3 is 4.90 Å². The Morgan fingerprint density at radius 1 is 1.27 bits per heavy atom. The molecule has 1 aromatic rings. The summed E-state index contributed by atoms with van der Waals surface area (Å²) in [5.41, 5.74) is 1.02. The number of nitrogens with zero attached hydrogens (tertiary/aromatic N) is 3. The van der Waals surface area contributed by atoms with Gasteiger partial charge in [-0.1, -0.05) is 37.3 Å². The summed E-state index contributed by atoms with van der Waals surface area (Å²) in [5, 5.41) is 0. The largest absolute Gasteiger partial charge is 0.306 e. The Hall–Kier alpha value is -0.950. The number of hydrogen-bond acceptors (Lipinski definition) is 3. The van der Waals surface area contributed by atoms with Gasteiger partial charge in [0.2, 0.25) is 0 Å². The van der Waals surface area contributed by atoms with Crippen LogP contribution in [-0.2, 0) is 16.8 Å². The van der Waals surface area contributed by atoms with Gasteiger partial charge in [-0.25, -0.2) is 0 Å². The molecule has 124 valence electrons. The lowest BCUT2D eigenvalue weighted by Gasteiger charge is -2.28. The van der Waals surface area contributed by atoms with Crippen LogP contribution in [0, 0.1) is 5.92 Å². The smallest absolute Gasteiger partial charge is 0.282 e. The molecule has 0 spiro atoms. The first-order chi connectivity index (χ1) is 10.4. The zero-order chi connectivity index (χ0) is 16.2. The maximum atomic E-state index is 12.8. The van der Waals surface area contributed by atoms with Gasteiger partial charge in [0.05, 0.1) is 0 Å². The van der Waals surface area contributed by atoms with Crippen LogP contribution in [0.25, 0.3) is 0 Å². The Labute approximate surface area is 134 Å². The molecule has 1 aliphatic rings. The van der Waals surface area contributed by atoms with E-state index in [0.29, 0.717) is 25.6 Å². The van der Waals surface area contributed by atoms with Gasteiger partial charge in [0, 0.05) is 33.2 Å². The van der Waals surface area contributed by atoms with Crippen molar-refractivity contribution in [2.24, 2.45) is 5.92 Å². The molecule has 0 bridgehead atoms. The highest BCUT2D eigenvalue weighted by Gasteiger charge is 2.29. The van der Waals surface area contributed by atoms with E-state index < -0.39 is 10.2 Å². The van der Waals surface area contributed by atoms with E-state index in [0.717, 1.165) is 25.1 Å². The third kappa shape index (κ3) is 4.29. The molecule has 0 saturated carbocycles. The molecule has 0 unspecified atom stereocenters. The molecule has 0 amide bonds. The maximum absolute atomic E-state index is 12.8. The summed E-state index contributed by atoms with van der Waals surface area (Å²) in [6, 6.07) is 9.74. The van der Waals surface area contributed by atoms with Crippen LogP contribution in [0.4, 0.5) is 0 Å². The minimum absolute atomic E-state index is 0.425. The fraction of sp³-hybridized carbons (Fsp3) is 0.625. The van der Waals surface area contributed by atoms with E-state index in [4.69, 9.17) is 0 Å². The van der Waals surface area contributed by atoms with Crippen LogP contribution in [0.15, 0.2) is 30.3 Å². The van der Waals surface area contributed by atoms with Gasteiger partial charge in [0.1, 0.15) is 0 Å². The zero-order valence-electron chi connectivity index (χ0n) is 13.8. The van der Waals surface area contributed by atoms with Crippen LogP contribution in [0.5, 0.6) is 0 Å². The molecule has 1 atom stereocenters. The van der Waals surface area contributed by atoms with E-state index in [9.17, 15) is 8.42 Å². The second-order valence-electron chi connectivity index (χ2n) is 6.12. The normalized spacial score (nSPS) is 20.1. The van der Waals surface area contributed by atoms with Crippen molar-refractivity contribution in [2.45, 2.75) is 19.9 Å². The highest BCUT2D eigenvalue weighted by Crippen LogP contribution is 2.19. The van der Waals surface area contributed by atoms with Gasteiger partial charge in [0.25, 0.3) is 10.2 Å². The second kappa shape index (κ2) is 7.55. The number of rotatable bonds is 7. The fourth-order valence-corrected chi connectivity index (χ4v) is 4.41. The first-order valence-corrected chi connectivity index (χ1v) is 9.27. The minimum atomic E-state index is -3.41. The Bertz CT molecular complexity index is 562. The van der Waals surface area contributed by atoms with Crippen molar-refractivity contribution >= 4 is 10.2 Å². The molecule has 5 nitrogen and oxygen atoms in total. The average molecular weight is 325 g/mol. The standard InChI is InChI=1S/C16H27N3O2S/c1-4-19(14-15-8-6-5-7-9-15)22(20,21)18(3)13-16-10-11-17(2)12-16/h5-9,16H,4,10-14H2,1-3H3/t16-/m1/s1. The number of likely N-dealkylation sites (tertiary alicyclic amines) is 1. The number of hydrogen-bond donors (Lipinski definition) is 0. The summed E-state index contributed by atoms with van der Waals surface area (Å²) in [6.07, 6.45) is 1.07. The van der Waals surface area contributed by atoms with Gasteiger partial charge in [-0.3, -0.25) is 0 Å². The molecule has 2 rings (SSSR count). The molecule has 1 fully saturated rings. The predicted octanol–water partition coefficient (Wildman–Crippen LogP) is 1.64. The third-order valence-corrected chi connectivity index (χ3v) is 6.26. The minimum Gasteiger partial charge on any atom is -0.306 e. The molecule has 6 heteroatoms. The molecular weight excluding hydrogens is 298 g/mol. The summed E-state index contributed by atoms with van der Waals surface area (Å²) in [7, 11) is 0.375. The topological polar surface area (TPSA) is 43.9 Å². The molecule has 1 aromatic carbocycles. The highest BCUT2D eigenvalue weighted by molar-refractivity contribution is 7.86. The molecule has 0 radical (unpaired) electrons. The lowest BCUT2D eigenvalue weighted by atomic mass is 10.1. The molecule has 1 saturated heterocycles. The first kappa shape index (κ1) is 17.4. The monoisotopic (exact) mass is 325 g/mol. The Balaban J connectivity index is 2.02. The van der Waals surface area contributed by atoms with Crippen molar-refractivity contribution in [3.8, 4) is 0 Å². The Kier molecular flexibility index (Phi) is 5.97. The van der Waals surface area contributed by atoms with Crippen LogP contribution in [0.1, 0.15) is 18.9 Å². The second-order valence-corrected chi connectivity index (χ2v) is 8.15. The van der Waals surface area contributed by atoms with Crippen LogP contribution in [-0.4, -0.2) is 62.2 Å². The lowest BCUT2D eigenvalue weighted by molar-refractivity contribution is 0.325. The van der Waals surface area contributed by atoms with Gasteiger partial charge in [-0.2, -0.15) is 17.0 Å². The van der Waals surface area contributed by atoms with Gasteiger partial charge in [-0.05, 0) is 31.5 Å². The molecule has 1 heterocycles. The van der Waals surface area contributed by atoms with Crippen LogP contribution in [0.2, 0.25) is 0 Å². The van der Waals surface area contributed by atoms with Crippen LogP contribution < -0.4 is 0 Å². The van der Waals surface area contributed by atoms with E-state index in [1.54, 1.807) is 11.4 Å². The van der Waals surface area contributed by atoms with Crippen molar-refractivity contribution in [3.63, 3.8) is 0 Å². The van der Waals surface area contributed by atoms with Crippen LogP contribution >= 0.6 is 0 Å². The van der Waals surface area contributed by atoms with Crippen molar-refractivity contribution < 1.29 is 8.42 Å². The molecular formula is C16H27N3O2S. The highest BCUT2D eigenvalue weighted by atomic mass is 32.2. The van der Waals surface area contributed by atoms with E-state index in [1.165, 1.54) is 4.31 Å². The van der Waals surface area contributed by atoms with E-state index in [2.05, 4.69) is 11.9 Å². The molecule has 1 aliphatic heterocycles. The van der Waals surface area contributed by atoms with Gasteiger partial charge in [-0.15, -0.1) is 0 Å². The van der Waals surface area contributed by atoms with Crippen molar-refractivity contribution in [1.82, 2.24) is 13.5 Å². The quantitative estimate of drug-likeness (QED) is 0.765. The fourth-order valence-electron chi connectivity index (χ4n) is 2.97. The summed E-state index contributed by atoms with van der Waals surface area (Å²) < 4.78 is 28.6. The number of benzene rings is 1. The summed E-state index contributed by atoms with van der Waals surface area (Å²) in [4.78, 5) is 2.26. The average Bonchev–Trinajstić information content (AvgIpc) is 2.90. The summed E-state index contributed by atoms with van der Waals surface area (Å²) in [6.45, 7) is 5.42.